The maximum atomic E-state index is 3.76. The lowest BCUT2D eigenvalue weighted by Gasteiger charge is -2.44. The molecule has 1 aliphatic heterocycles. The van der Waals surface area contributed by atoms with Crippen LogP contribution in [0.4, 0.5) is 0 Å². The van der Waals surface area contributed by atoms with Gasteiger partial charge in [-0.1, -0.05) is 34.1 Å². The average molecular weight is 280 g/mol. The van der Waals surface area contributed by atoms with Crippen molar-refractivity contribution in [3.63, 3.8) is 0 Å². The molecule has 2 fully saturated rings. The van der Waals surface area contributed by atoms with Crippen LogP contribution < -0.4 is 5.32 Å². The van der Waals surface area contributed by atoms with Crippen molar-refractivity contribution in [3.8, 4) is 0 Å². The highest BCUT2D eigenvalue weighted by Crippen LogP contribution is 2.39. The molecule has 0 aromatic carbocycles. The first-order valence-corrected chi connectivity index (χ1v) is 9.00. The van der Waals surface area contributed by atoms with Crippen molar-refractivity contribution in [2.24, 2.45) is 17.3 Å². The van der Waals surface area contributed by atoms with Crippen LogP contribution in [-0.2, 0) is 0 Å². The number of rotatable bonds is 5. The SMILES string of the molecule is CCNC1CCC(C)(C)CC1CN1CCCC(CC)C1. The van der Waals surface area contributed by atoms with Gasteiger partial charge < -0.3 is 10.2 Å². The number of piperidine rings is 1. The first-order chi connectivity index (χ1) is 9.54. The quantitative estimate of drug-likeness (QED) is 0.821. The molecule has 0 radical (unpaired) electrons. The molecule has 2 nitrogen and oxygen atoms in total. The van der Waals surface area contributed by atoms with Gasteiger partial charge in [-0.2, -0.15) is 0 Å². The summed E-state index contributed by atoms with van der Waals surface area (Å²) in [5.41, 5.74) is 0.552. The second kappa shape index (κ2) is 7.26. The van der Waals surface area contributed by atoms with E-state index in [1.54, 1.807) is 0 Å². The van der Waals surface area contributed by atoms with Gasteiger partial charge in [0.25, 0.3) is 0 Å². The summed E-state index contributed by atoms with van der Waals surface area (Å²) in [6.45, 7) is 14.7. The molecule has 1 saturated carbocycles. The topological polar surface area (TPSA) is 15.3 Å². The Morgan fingerprint density at radius 3 is 2.70 bits per heavy atom. The molecular formula is C18H36N2. The van der Waals surface area contributed by atoms with Crippen molar-refractivity contribution >= 4 is 0 Å². The molecule has 1 aliphatic carbocycles. The normalized spacial score (nSPS) is 35.1. The Balaban J connectivity index is 1.92. The van der Waals surface area contributed by atoms with Crippen LogP contribution in [0.1, 0.15) is 66.2 Å². The van der Waals surface area contributed by atoms with Crippen LogP contribution in [0.3, 0.4) is 0 Å². The van der Waals surface area contributed by atoms with E-state index in [0.29, 0.717) is 5.41 Å². The molecule has 2 rings (SSSR count). The van der Waals surface area contributed by atoms with Gasteiger partial charge in [0.05, 0.1) is 0 Å². The van der Waals surface area contributed by atoms with Gasteiger partial charge in [-0.3, -0.25) is 0 Å². The molecule has 20 heavy (non-hydrogen) atoms. The van der Waals surface area contributed by atoms with Crippen molar-refractivity contribution < 1.29 is 0 Å². The predicted octanol–water partition coefficient (Wildman–Crippen LogP) is 3.91. The first kappa shape index (κ1) is 16.3. The summed E-state index contributed by atoms with van der Waals surface area (Å²) in [5.74, 6) is 1.81. The van der Waals surface area contributed by atoms with E-state index in [1.807, 2.05) is 0 Å². The summed E-state index contributed by atoms with van der Waals surface area (Å²) < 4.78 is 0. The third-order valence-electron chi connectivity index (χ3n) is 5.66. The third-order valence-corrected chi connectivity index (χ3v) is 5.66. The zero-order chi connectivity index (χ0) is 14.6. The lowest BCUT2D eigenvalue weighted by molar-refractivity contribution is 0.0793. The van der Waals surface area contributed by atoms with Gasteiger partial charge in [-0.25, -0.2) is 0 Å². The molecule has 0 aromatic rings. The fourth-order valence-corrected chi connectivity index (χ4v) is 4.44. The summed E-state index contributed by atoms with van der Waals surface area (Å²) in [6.07, 6.45) is 8.40. The van der Waals surface area contributed by atoms with Crippen molar-refractivity contribution in [1.29, 1.82) is 0 Å². The standard InChI is InChI=1S/C18H36N2/c1-5-15-8-7-11-20(13-15)14-16-12-18(3,4)10-9-17(16)19-6-2/h15-17,19H,5-14H2,1-4H3. The number of hydrogen-bond donors (Lipinski definition) is 1. The van der Waals surface area contributed by atoms with E-state index >= 15 is 0 Å². The Bertz CT molecular complexity index is 287. The monoisotopic (exact) mass is 280 g/mol. The highest BCUT2D eigenvalue weighted by atomic mass is 15.1. The van der Waals surface area contributed by atoms with Crippen LogP contribution in [0.15, 0.2) is 0 Å². The fraction of sp³-hybridized carbons (Fsp3) is 1.00. The van der Waals surface area contributed by atoms with E-state index in [4.69, 9.17) is 0 Å². The van der Waals surface area contributed by atoms with E-state index in [2.05, 4.69) is 37.9 Å². The first-order valence-electron chi connectivity index (χ1n) is 9.00. The molecule has 0 bridgehead atoms. The summed E-state index contributed by atoms with van der Waals surface area (Å²) in [5, 5.41) is 3.76. The highest BCUT2D eigenvalue weighted by molar-refractivity contribution is 4.90. The van der Waals surface area contributed by atoms with Gasteiger partial charge >= 0.3 is 0 Å². The lowest BCUT2D eigenvalue weighted by atomic mass is 9.69. The average Bonchev–Trinajstić information content (AvgIpc) is 2.42. The fourth-order valence-electron chi connectivity index (χ4n) is 4.44. The van der Waals surface area contributed by atoms with Gasteiger partial charge in [-0.15, -0.1) is 0 Å². The second-order valence-corrected chi connectivity index (χ2v) is 8.01. The van der Waals surface area contributed by atoms with E-state index in [-0.39, 0.29) is 0 Å². The van der Waals surface area contributed by atoms with Crippen molar-refractivity contribution in [2.75, 3.05) is 26.2 Å². The van der Waals surface area contributed by atoms with E-state index in [9.17, 15) is 0 Å². The highest BCUT2D eigenvalue weighted by Gasteiger charge is 2.35. The van der Waals surface area contributed by atoms with Gasteiger partial charge in [-0.05, 0) is 62.4 Å². The minimum atomic E-state index is 0.552. The van der Waals surface area contributed by atoms with Crippen LogP contribution in [0, 0.1) is 17.3 Å². The molecule has 118 valence electrons. The Morgan fingerprint density at radius 2 is 2.00 bits per heavy atom. The zero-order valence-corrected chi connectivity index (χ0v) is 14.3. The Hall–Kier alpha value is -0.0800. The van der Waals surface area contributed by atoms with E-state index < -0.39 is 0 Å². The second-order valence-electron chi connectivity index (χ2n) is 8.01. The summed E-state index contributed by atoms with van der Waals surface area (Å²) in [6, 6.07) is 0.759. The Labute approximate surface area is 126 Å². The predicted molar refractivity (Wildman–Crippen MR) is 88.0 cm³/mol. The van der Waals surface area contributed by atoms with Gasteiger partial charge in [0.15, 0.2) is 0 Å². The molecule has 3 unspecified atom stereocenters. The number of nitrogens with one attached hydrogen (secondary N) is 1. The summed E-state index contributed by atoms with van der Waals surface area (Å²) in [7, 11) is 0. The van der Waals surface area contributed by atoms with Crippen LogP contribution in [0.2, 0.25) is 0 Å². The summed E-state index contributed by atoms with van der Waals surface area (Å²) >= 11 is 0. The van der Waals surface area contributed by atoms with Crippen LogP contribution >= 0.6 is 0 Å². The Morgan fingerprint density at radius 1 is 1.20 bits per heavy atom. The maximum absolute atomic E-state index is 3.76. The van der Waals surface area contributed by atoms with E-state index in [0.717, 1.165) is 24.4 Å². The van der Waals surface area contributed by atoms with Crippen LogP contribution in [0.5, 0.6) is 0 Å². The van der Waals surface area contributed by atoms with E-state index in [1.165, 1.54) is 58.2 Å². The molecule has 2 heteroatoms. The number of nitrogens with zero attached hydrogens (tertiary/aromatic N) is 1. The third kappa shape index (κ3) is 4.46. The molecule has 0 aromatic heterocycles. The van der Waals surface area contributed by atoms with Crippen molar-refractivity contribution in [1.82, 2.24) is 10.2 Å². The zero-order valence-electron chi connectivity index (χ0n) is 14.3. The largest absolute Gasteiger partial charge is 0.314 e. The molecule has 1 N–H and O–H groups in total. The molecule has 1 heterocycles. The molecule has 3 atom stereocenters. The van der Waals surface area contributed by atoms with Crippen molar-refractivity contribution in [3.05, 3.63) is 0 Å². The molecule has 2 aliphatic rings. The number of likely N-dealkylation sites (tertiary alicyclic amines) is 1. The molecular weight excluding hydrogens is 244 g/mol. The minimum Gasteiger partial charge on any atom is -0.314 e. The van der Waals surface area contributed by atoms with Crippen LogP contribution in [0.25, 0.3) is 0 Å². The smallest absolute Gasteiger partial charge is 0.0108 e. The van der Waals surface area contributed by atoms with Crippen LogP contribution in [-0.4, -0.2) is 37.1 Å². The van der Waals surface area contributed by atoms with Gasteiger partial charge in [0, 0.05) is 19.1 Å². The molecule has 0 amide bonds. The maximum Gasteiger partial charge on any atom is 0.0108 e. The molecule has 1 saturated heterocycles. The molecule has 0 spiro atoms. The van der Waals surface area contributed by atoms with Crippen molar-refractivity contribution in [2.45, 2.75) is 72.3 Å². The van der Waals surface area contributed by atoms with Gasteiger partial charge in [0.1, 0.15) is 0 Å². The van der Waals surface area contributed by atoms with Gasteiger partial charge in [0.2, 0.25) is 0 Å². The lowest BCUT2D eigenvalue weighted by Crippen LogP contribution is -2.49. The number of hydrogen-bond acceptors (Lipinski definition) is 2. The Kier molecular flexibility index (Phi) is 5.92. The minimum absolute atomic E-state index is 0.552. The summed E-state index contributed by atoms with van der Waals surface area (Å²) in [4.78, 5) is 2.77.